The summed E-state index contributed by atoms with van der Waals surface area (Å²) in [5.74, 6) is 1.86. The highest BCUT2D eigenvalue weighted by Crippen LogP contribution is 2.63. The van der Waals surface area contributed by atoms with Crippen LogP contribution in [-0.2, 0) is 9.47 Å². The van der Waals surface area contributed by atoms with E-state index in [2.05, 4.69) is 32.2 Å². The Morgan fingerprint density at radius 2 is 2.11 bits per heavy atom. The first-order valence-corrected chi connectivity index (χ1v) is 10.2. The molecule has 2 bridgehead atoms. The molecule has 27 heavy (non-hydrogen) atoms. The minimum absolute atomic E-state index is 0.0458. The summed E-state index contributed by atoms with van der Waals surface area (Å²) >= 11 is 0. The second kappa shape index (κ2) is 6.69. The van der Waals surface area contributed by atoms with Gasteiger partial charge in [0.15, 0.2) is 0 Å². The Morgan fingerprint density at radius 3 is 2.89 bits per heavy atom. The zero-order valence-electron chi connectivity index (χ0n) is 16.8. The molecule has 1 aromatic rings. The molecule has 0 unspecified atom stereocenters. The van der Waals surface area contributed by atoms with Gasteiger partial charge in [0, 0.05) is 23.4 Å². The topological polar surface area (TPSA) is 56.8 Å². The lowest BCUT2D eigenvalue weighted by atomic mass is 9.50. The highest BCUT2D eigenvalue weighted by Gasteiger charge is 2.64. The van der Waals surface area contributed by atoms with Gasteiger partial charge in [-0.1, -0.05) is 39.0 Å². The molecule has 1 saturated heterocycles. The highest BCUT2D eigenvalue weighted by molar-refractivity contribution is 5.67. The number of ether oxygens (including phenoxy) is 3. The largest absolute Gasteiger partial charge is 0.487 e. The van der Waals surface area contributed by atoms with Crippen LogP contribution >= 0.6 is 0 Å². The number of hydrogen-bond donors (Lipinski definition) is 1. The molecule has 1 saturated carbocycles. The lowest BCUT2D eigenvalue weighted by Gasteiger charge is -2.63. The van der Waals surface area contributed by atoms with E-state index in [-0.39, 0.29) is 29.1 Å². The summed E-state index contributed by atoms with van der Waals surface area (Å²) < 4.78 is 18.7. The molecule has 1 N–H and O–H groups in total. The van der Waals surface area contributed by atoms with Crippen LogP contribution in [0.2, 0.25) is 0 Å². The second-order valence-electron chi connectivity index (χ2n) is 8.84. The van der Waals surface area contributed by atoms with Gasteiger partial charge >= 0.3 is 6.09 Å². The minimum Gasteiger partial charge on any atom is -0.487 e. The van der Waals surface area contributed by atoms with Crippen molar-refractivity contribution in [1.29, 1.82) is 0 Å². The molecular weight excluding hydrogens is 342 g/mol. The number of carbonyl (C=O) groups excluding carboxylic acids is 1. The molecule has 148 valence electrons. The summed E-state index contributed by atoms with van der Waals surface area (Å²) in [5.41, 5.74) is 0.725. The third kappa shape index (κ3) is 2.82. The quantitative estimate of drug-likeness (QED) is 0.854. The van der Waals surface area contributed by atoms with E-state index in [1.54, 1.807) is 0 Å². The van der Waals surface area contributed by atoms with E-state index in [4.69, 9.17) is 14.2 Å². The number of amides is 1. The van der Waals surface area contributed by atoms with E-state index in [1.807, 2.05) is 25.1 Å². The molecule has 4 rings (SSSR count). The molecule has 5 nitrogen and oxygen atoms in total. The van der Waals surface area contributed by atoms with Crippen LogP contribution in [-0.4, -0.2) is 31.5 Å². The number of para-hydroxylation sites is 1. The number of rotatable bonds is 4. The summed E-state index contributed by atoms with van der Waals surface area (Å²) in [7, 11) is 0. The highest BCUT2D eigenvalue weighted by atomic mass is 16.6. The van der Waals surface area contributed by atoms with Crippen LogP contribution in [0.4, 0.5) is 4.79 Å². The first-order valence-electron chi connectivity index (χ1n) is 10.2. The van der Waals surface area contributed by atoms with E-state index < -0.39 is 0 Å². The minimum atomic E-state index is -0.327. The summed E-state index contributed by atoms with van der Waals surface area (Å²) in [6.07, 6.45) is 1.56. The third-order valence-electron chi connectivity index (χ3n) is 7.26. The molecule has 0 radical (unpaired) electrons. The number of carbonyl (C=O) groups is 1. The SMILES string of the molecule is CCCNC(=O)OC[C@@]12CO[C@@H]3c4ccccc4O[C@](C)(C[C@@H]1C)[C@H]3[C@H]2C. The van der Waals surface area contributed by atoms with Crippen molar-refractivity contribution in [3.63, 3.8) is 0 Å². The van der Waals surface area contributed by atoms with Crippen molar-refractivity contribution in [2.45, 2.75) is 52.2 Å². The average Bonchev–Trinajstić information content (AvgIpc) is 2.64. The standard InChI is InChI=1S/C22H31NO4/c1-5-10-23-20(24)26-13-22-12-25-19-16-8-6-7-9-17(16)27-21(4,11-14(22)2)18(19)15(22)3/h6-9,14-15,18-19H,5,10-13H2,1-4H3,(H,23,24)/t14-,15+,18-,19+,21+,22-/m0/s1. The Labute approximate surface area is 161 Å². The lowest BCUT2D eigenvalue weighted by molar-refractivity contribution is -0.259. The maximum absolute atomic E-state index is 12.0. The zero-order valence-corrected chi connectivity index (χ0v) is 16.8. The van der Waals surface area contributed by atoms with Crippen LogP contribution in [0.5, 0.6) is 5.75 Å². The first-order chi connectivity index (χ1) is 12.9. The van der Waals surface area contributed by atoms with Crippen LogP contribution in [0.25, 0.3) is 0 Å². The smallest absolute Gasteiger partial charge is 0.407 e. The van der Waals surface area contributed by atoms with Gasteiger partial charge in [-0.25, -0.2) is 4.79 Å². The van der Waals surface area contributed by atoms with Crippen LogP contribution in [0, 0.1) is 23.2 Å². The van der Waals surface area contributed by atoms with Crippen molar-refractivity contribution in [1.82, 2.24) is 5.32 Å². The molecule has 5 heteroatoms. The molecule has 2 fully saturated rings. The zero-order chi connectivity index (χ0) is 19.2. The van der Waals surface area contributed by atoms with Gasteiger partial charge in [-0.05, 0) is 37.7 Å². The van der Waals surface area contributed by atoms with E-state index >= 15 is 0 Å². The maximum atomic E-state index is 12.0. The predicted octanol–water partition coefficient (Wildman–Crippen LogP) is 4.32. The summed E-state index contributed by atoms with van der Waals surface area (Å²) in [6.45, 7) is 10.4. The Balaban J connectivity index is 1.61. The van der Waals surface area contributed by atoms with Gasteiger partial charge in [-0.3, -0.25) is 0 Å². The number of benzene rings is 1. The Kier molecular flexibility index (Phi) is 4.61. The molecule has 1 aliphatic carbocycles. The Hall–Kier alpha value is -1.75. The fourth-order valence-corrected chi connectivity index (χ4v) is 5.73. The second-order valence-corrected chi connectivity index (χ2v) is 8.84. The van der Waals surface area contributed by atoms with Gasteiger partial charge in [0.25, 0.3) is 0 Å². The molecular formula is C22H31NO4. The maximum Gasteiger partial charge on any atom is 0.407 e. The van der Waals surface area contributed by atoms with Crippen molar-refractivity contribution in [3.8, 4) is 5.75 Å². The van der Waals surface area contributed by atoms with E-state index in [9.17, 15) is 4.79 Å². The van der Waals surface area contributed by atoms with E-state index in [1.165, 1.54) is 0 Å². The van der Waals surface area contributed by atoms with Crippen LogP contribution in [0.15, 0.2) is 24.3 Å². The fraction of sp³-hybridized carbons (Fsp3) is 0.682. The van der Waals surface area contributed by atoms with Crippen molar-refractivity contribution in [2.24, 2.45) is 23.2 Å². The third-order valence-corrected chi connectivity index (χ3v) is 7.26. The normalized spacial score (nSPS) is 39.1. The molecule has 0 aromatic heterocycles. The van der Waals surface area contributed by atoms with Crippen molar-refractivity contribution < 1.29 is 19.0 Å². The Bertz CT molecular complexity index is 722. The van der Waals surface area contributed by atoms with Crippen molar-refractivity contribution in [3.05, 3.63) is 29.8 Å². The lowest BCUT2D eigenvalue weighted by Crippen LogP contribution is -2.66. The first kappa shape index (κ1) is 18.6. The van der Waals surface area contributed by atoms with Gasteiger partial charge in [0.2, 0.25) is 0 Å². The van der Waals surface area contributed by atoms with Gasteiger partial charge in [0.1, 0.15) is 18.0 Å². The summed E-state index contributed by atoms with van der Waals surface area (Å²) in [4.78, 5) is 12.0. The summed E-state index contributed by atoms with van der Waals surface area (Å²) in [5, 5.41) is 2.81. The summed E-state index contributed by atoms with van der Waals surface area (Å²) in [6, 6.07) is 8.24. The number of hydrogen-bond acceptors (Lipinski definition) is 4. The molecule has 0 spiro atoms. The molecule has 2 heterocycles. The fourth-order valence-electron chi connectivity index (χ4n) is 5.73. The molecule has 6 atom stereocenters. The van der Waals surface area contributed by atoms with Gasteiger partial charge in [0.05, 0.1) is 12.7 Å². The van der Waals surface area contributed by atoms with E-state index in [0.717, 1.165) is 24.2 Å². The van der Waals surface area contributed by atoms with E-state index in [0.29, 0.717) is 31.6 Å². The number of fused-ring (bicyclic) bond motifs is 3. The number of alkyl carbamates (subject to hydrolysis) is 1. The molecule has 3 aliphatic rings. The average molecular weight is 373 g/mol. The number of nitrogens with one attached hydrogen (secondary N) is 1. The van der Waals surface area contributed by atoms with Gasteiger partial charge in [-0.2, -0.15) is 0 Å². The predicted molar refractivity (Wildman–Crippen MR) is 103 cm³/mol. The molecule has 1 amide bonds. The molecule has 2 aliphatic heterocycles. The monoisotopic (exact) mass is 373 g/mol. The van der Waals surface area contributed by atoms with Gasteiger partial charge in [-0.15, -0.1) is 0 Å². The Morgan fingerprint density at radius 1 is 1.33 bits per heavy atom. The van der Waals surface area contributed by atoms with Crippen molar-refractivity contribution >= 4 is 6.09 Å². The van der Waals surface area contributed by atoms with Gasteiger partial charge < -0.3 is 19.5 Å². The molecule has 1 aromatic carbocycles. The van der Waals surface area contributed by atoms with Crippen LogP contribution < -0.4 is 10.1 Å². The van der Waals surface area contributed by atoms with Crippen LogP contribution in [0.1, 0.15) is 52.2 Å². The van der Waals surface area contributed by atoms with Crippen molar-refractivity contribution in [2.75, 3.05) is 19.8 Å². The van der Waals surface area contributed by atoms with Crippen LogP contribution in [0.3, 0.4) is 0 Å².